The second kappa shape index (κ2) is 5.56. The summed E-state index contributed by atoms with van der Waals surface area (Å²) in [6.45, 7) is 1.89. The Morgan fingerprint density at radius 3 is 2.79 bits per heavy atom. The molecule has 4 rings (SSSR count). The third kappa shape index (κ3) is 2.27. The summed E-state index contributed by atoms with van der Waals surface area (Å²) in [4.78, 5) is 27.0. The van der Waals surface area contributed by atoms with Crippen molar-refractivity contribution in [3.8, 4) is 0 Å². The summed E-state index contributed by atoms with van der Waals surface area (Å²) in [7, 11) is 0. The average molecular weight is 320 g/mol. The van der Waals surface area contributed by atoms with Crippen LogP contribution < -0.4 is 10.5 Å². The number of fused-ring (bicyclic) bond motifs is 2. The summed E-state index contributed by atoms with van der Waals surface area (Å²) in [5, 5.41) is 8.40. The lowest BCUT2D eigenvalue weighted by molar-refractivity contribution is -0.119. The second-order valence-corrected chi connectivity index (χ2v) is 6.01. The maximum Gasteiger partial charge on any atom is 0.278 e. The van der Waals surface area contributed by atoms with E-state index in [9.17, 15) is 9.59 Å². The Balaban J connectivity index is 1.68. The third-order valence-electron chi connectivity index (χ3n) is 4.39. The van der Waals surface area contributed by atoms with Crippen molar-refractivity contribution in [1.29, 1.82) is 0 Å². The topological polar surface area (TPSA) is 68.1 Å². The van der Waals surface area contributed by atoms with Gasteiger partial charge in [-0.1, -0.05) is 35.5 Å². The molecule has 1 amide bonds. The van der Waals surface area contributed by atoms with E-state index in [-0.39, 0.29) is 24.1 Å². The molecule has 2 heterocycles. The summed E-state index contributed by atoms with van der Waals surface area (Å²) in [6.07, 6.45) is 0.820. The Labute approximate surface area is 138 Å². The van der Waals surface area contributed by atoms with Crippen molar-refractivity contribution in [3.63, 3.8) is 0 Å². The van der Waals surface area contributed by atoms with E-state index in [2.05, 4.69) is 10.3 Å². The van der Waals surface area contributed by atoms with Crippen LogP contribution in [0.5, 0.6) is 0 Å². The summed E-state index contributed by atoms with van der Waals surface area (Å²) < 4.78 is 1.14. The summed E-state index contributed by atoms with van der Waals surface area (Å²) in [6, 6.07) is 14.9. The molecule has 1 aliphatic rings. The molecule has 6 heteroatoms. The standard InChI is InChI=1S/C18H16N4O2/c1-12-10-13-6-2-5-9-16(13)22(12)17(23)11-21-18(24)14-7-3-4-8-15(14)19-20-21/h2-9,12H,10-11H2,1H3. The molecule has 0 aliphatic carbocycles. The van der Waals surface area contributed by atoms with Crippen LogP contribution in [-0.4, -0.2) is 26.9 Å². The fraction of sp³-hybridized carbons (Fsp3) is 0.222. The molecule has 0 saturated carbocycles. The van der Waals surface area contributed by atoms with Gasteiger partial charge in [-0.25, -0.2) is 4.68 Å². The van der Waals surface area contributed by atoms with Gasteiger partial charge < -0.3 is 4.90 Å². The molecule has 24 heavy (non-hydrogen) atoms. The number of para-hydroxylation sites is 1. The highest BCUT2D eigenvalue weighted by Gasteiger charge is 2.30. The van der Waals surface area contributed by atoms with Crippen LogP contribution in [0.15, 0.2) is 53.3 Å². The number of carbonyl (C=O) groups is 1. The van der Waals surface area contributed by atoms with Crippen LogP contribution in [-0.2, 0) is 17.8 Å². The normalized spacial score (nSPS) is 16.4. The Morgan fingerprint density at radius 2 is 1.92 bits per heavy atom. The summed E-state index contributed by atoms with van der Waals surface area (Å²) >= 11 is 0. The molecule has 1 atom stereocenters. The molecule has 1 aliphatic heterocycles. The van der Waals surface area contributed by atoms with Crippen LogP contribution in [0.3, 0.4) is 0 Å². The zero-order chi connectivity index (χ0) is 16.7. The minimum absolute atomic E-state index is 0.0685. The van der Waals surface area contributed by atoms with E-state index < -0.39 is 0 Å². The molecule has 120 valence electrons. The molecule has 0 radical (unpaired) electrons. The first-order valence-corrected chi connectivity index (χ1v) is 7.87. The summed E-state index contributed by atoms with van der Waals surface area (Å²) in [5.41, 5.74) is 2.30. The van der Waals surface area contributed by atoms with Gasteiger partial charge in [0.15, 0.2) is 0 Å². The minimum Gasteiger partial charge on any atom is -0.307 e. The molecule has 0 fully saturated rings. The van der Waals surface area contributed by atoms with Gasteiger partial charge in [-0.05, 0) is 37.1 Å². The minimum atomic E-state index is -0.297. The van der Waals surface area contributed by atoms with Gasteiger partial charge in [0.25, 0.3) is 5.56 Å². The average Bonchev–Trinajstić information content (AvgIpc) is 2.93. The van der Waals surface area contributed by atoms with E-state index in [1.54, 1.807) is 29.2 Å². The molecule has 3 aromatic rings. The largest absolute Gasteiger partial charge is 0.307 e. The van der Waals surface area contributed by atoms with E-state index in [1.807, 2.05) is 31.2 Å². The SMILES string of the molecule is CC1Cc2ccccc2N1C(=O)Cn1nnc2ccccc2c1=O. The highest BCUT2D eigenvalue weighted by molar-refractivity contribution is 5.96. The number of amides is 1. The number of rotatable bonds is 2. The van der Waals surface area contributed by atoms with Crippen molar-refractivity contribution in [2.24, 2.45) is 0 Å². The molecular weight excluding hydrogens is 304 g/mol. The Morgan fingerprint density at radius 1 is 1.17 bits per heavy atom. The molecule has 0 spiro atoms. The van der Waals surface area contributed by atoms with E-state index in [0.717, 1.165) is 22.4 Å². The highest BCUT2D eigenvalue weighted by Crippen LogP contribution is 2.31. The zero-order valence-electron chi connectivity index (χ0n) is 13.2. The Kier molecular flexibility index (Phi) is 3.37. The lowest BCUT2D eigenvalue weighted by atomic mass is 10.1. The molecule has 0 N–H and O–H groups in total. The van der Waals surface area contributed by atoms with Crippen molar-refractivity contribution in [1.82, 2.24) is 15.0 Å². The fourth-order valence-electron chi connectivity index (χ4n) is 3.28. The number of aromatic nitrogens is 3. The first-order chi connectivity index (χ1) is 11.6. The van der Waals surface area contributed by atoms with Gasteiger partial charge in [-0.3, -0.25) is 9.59 Å². The van der Waals surface area contributed by atoms with Crippen molar-refractivity contribution in [3.05, 3.63) is 64.4 Å². The third-order valence-corrected chi connectivity index (χ3v) is 4.39. The predicted molar refractivity (Wildman–Crippen MR) is 90.9 cm³/mol. The molecule has 2 aromatic carbocycles. The number of carbonyl (C=O) groups excluding carboxylic acids is 1. The van der Waals surface area contributed by atoms with Crippen LogP contribution >= 0.6 is 0 Å². The van der Waals surface area contributed by atoms with Gasteiger partial charge >= 0.3 is 0 Å². The van der Waals surface area contributed by atoms with Gasteiger partial charge in [-0.2, -0.15) is 0 Å². The lowest BCUT2D eigenvalue weighted by Gasteiger charge is -2.22. The number of anilines is 1. The molecule has 6 nitrogen and oxygen atoms in total. The van der Waals surface area contributed by atoms with E-state index in [0.29, 0.717) is 10.9 Å². The summed E-state index contributed by atoms with van der Waals surface area (Å²) in [5.74, 6) is -0.154. The Bertz CT molecular complexity index is 995. The first kappa shape index (κ1) is 14.6. The molecule has 1 aromatic heterocycles. The zero-order valence-corrected chi connectivity index (χ0v) is 13.2. The van der Waals surface area contributed by atoms with Crippen LogP contribution in [0.2, 0.25) is 0 Å². The second-order valence-electron chi connectivity index (χ2n) is 6.01. The van der Waals surface area contributed by atoms with Crippen LogP contribution in [0.1, 0.15) is 12.5 Å². The number of hydrogen-bond donors (Lipinski definition) is 0. The molecule has 0 bridgehead atoms. The van der Waals surface area contributed by atoms with Gasteiger partial charge in [0.2, 0.25) is 5.91 Å². The van der Waals surface area contributed by atoms with Gasteiger partial charge in [0.05, 0.1) is 5.39 Å². The van der Waals surface area contributed by atoms with Crippen molar-refractivity contribution >= 4 is 22.5 Å². The molecule has 1 unspecified atom stereocenters. The van der Waals surface area contributed by atoms with Crippen molar-refractivity contribution in [2.75, 3.05) is 4.90 Å². The van der Waals surface area contributed by atoms with E-state index in [1.165, 1.54) is 0 Å². The van der Waals surface area contributed by atoms with Gasteiger partial charge in [0.1, 0.15) is 12.1 Å². The number of nitrogens with zero attached hydrogens (tertiary/aromatic N) is 4. The predicted octanol–water partition coefficient (Wildman–Crippen LogP) is 1.77. The molecule has 0 saturated heterocycles. The van der Waals surface area contributed by atoms with E-state index >= 15 is 0 Å². The number of hydrogen-bond acceptors (Lipinski definition) is 4. The maximum atomic E-state index is 12.8. The van der Waals surface area contributed by atoms with Crippen LogP contribution in [0.4, 0.5) is 5.69 Å². The van der Waals surface area contributed by atoms with Crippen LogP contribution in [0, 0.1) is 0 Å². The quantitative estimate of drug-likeness (QED) is 0.722. The Hall–Kier alpha value is -3.02. The fourth-order valence-corrected chi connectivity index (χ4v) is 3.28. The van der Waals surface area contributed by atoms with Crippen molar-refractivity contribution in [2.45, 2.75) is 25.9 Å². The first-order valence-electron chi connectivity index (χ1n) is 7.87. The maximum absolute atomic E-state index is 12.8. The van der Waals surface area contributed by atoms with Crippen molar-refractivity contribution < 1.29 is 4.79 Å². The number of benzene rings is 2. The monoisotopic (exact) mass is 320 g/mol. The lowest BCUT2D eigenvalue weighted by Crippen LogP contribution is -2.40. The smallest absolute Gasteiger partial charge is 0.278 e. The van der Waals surface area contributed by atoms with E-state index in [4.69, 9.17) is 0 Å². The highest BCUT2D eigenvalue weighted by atomic mass is 16.2. The van der Waals surface area contributed by atoms with Gasteiger partial charge in [-0.15, -0.1) is 5.10 Å². The van der Waals surface area contributed by atoms with Gasteiger partial charge in [0, 0.05) is 11.7 Å². The molecular formula is C18H16N4O2. The van der Waals surface area contributed by atoms with Crippen LogP contribution in [0.25, 0.3) is 10.9 Å².